The number of benzene rings is 1. The van der Waals surface area contributed by atoms with Crippen LogP contribution in [-0.4, -0.2) is 14.2 Å². The molecule has 0 saturated carbocycles. The van der Waals surface area contributed by atoms with E-state index in [9.17, 15) is 0 Å². The summed E-state index contributed by atoms with van der Waals surface area (Å²) >= 11 is 0. The highest BCUT2D eigenvalue weighted by atomic mass is 16.5. The molecule has 0 saturated heterocycles. The SMILES string of the molecule is C=C.C=CC(/C=C/C=C/c1ccc(OC)c(OC)c1)=C\C. The summed E-state index contributed by atoms with van der Waals surface area (Å²) in [5.74, 6) is 1.46. The molecule has 0 aliphatic heterocycles. The van der Waals surface area contributed by atoms with E-state index in [0.29, 0.717) is 0 Å². The molecule has 0 atom stereocenters. The molecule has 0 aromatic heterocycles. The molecular formula is C19H24O2. The first-order valence-corrected chi connectivity index (χ1v) is 6.60. The van der Waals surface area contributed by atoms with Gasteiger partial charge in [-0.05, 0) is 30.2 Å². The fourth-order valence-electron chi connectivity index (χ4n) is 1.57. The average molecular weight is 284 g/mol. The van der Waals surface area contributed by atoms with Gasteiger partial charge in [-0.3, -0.25) is 0 Å². The van der Waals surface area contributed by atoms with Gasteiger partial charge >= 0.3 is 0 Å². The maximum absolute atomic E-state index is 5.26. The van der Waals surface area contributed by atoms with Gasteiger partial charge < -0.3 is 9.47 Å². The zero-order valence-corrected chi connectivity index (χ0v) is 13.1. The molecule has 0 aliphatic rings. The second kappa shape index (κ2) is 11.4. The Morgan fingerprint density at radius 3 is 2.24 bits per heavy atom. The predicted molar refractivity (Wildman–Crippen MR) is 92.9 cm³/mol. The Balaban J connectivity index is 0.00000191. The smallest absolute Gasteiger partial charge is 0.161 e. The monoisotopic (exact) mass is 284 g/mol. The molecule has 1 aromatic carbocycles. The second-order valence-corrected chi connectivity index (χ2v) is 3.83. The fourth-order valence-corrected chi connectivity index (χ4v) is 1.57. The van der Waals surface area contributed by atoms with Crippen LogP contribution < -0.4 is 9.47 Å². The lowest BCUT2D eigenvalue weighted by atomic mass is 10.1. The lowest BCUT2D eigenvalue weighted by molar-refractivity contribution is 0.355. The van der Waals surface area contributed by atoms with Crippen molar-refractivity contribution < 1.29 is 9.47 Å². The van der Waals surface area contributed by atoms with Crippen LogP contribution >= 0.6 is 0 Å². The van der Waals surface area contributed by atoms with E-state index in [1.807, 2.05) is 61.6 Å². The summed E-state index contributed by atoms with van der Waals surface area (Å²) in [6.45, 7) is 11.7. The maximum atomic E-state index is 5.26. The van der Waals surface area contributed by atoms with Crippen molar-refractivity contribution in [2.75, 3.05) is 14.2 Å². The molecule has 0 aliphatic carbocycles. The maximum Gasteiger partial charge on any atom is 0.161 e. The van der Waals surface area contributed by atoms with E-state index < -0.39 is 0 Å². The first-order chi connectivity index (χ1) is 10.2. The van der Waals surface area contributed by atoms with Gasteiger partial charge in [0.25, 0.3) is 0 Å². The first kappa shape index (κ1) is 18.5. The van der Waals surface area contributed by atoms with Gasteiger partial charge in [0.2, 0.25) is 0 Å². The minimum absolute atomic E-state index is 0.730. The van der Waals surface area contributed by atoms with Crippen LogP contribution in [0.4, 0.5) is 0 Å². The van der Waals surface area contributed by atoms with Gasteiger partial charge in [-0.15, -0.1) is 13.2 Å². The van der Waals surface area contributed by atoms with Gasteiger partial charge in [0, 0.05) is 0 Å². The van der Waals surface area contributed by atoms with Crippen molar-refractivity contribution in [3.63, 3.8) is 0 Å². The van der Waals surface area contributed by atoms with E-state index >= 15 is 0 Å². The molecule has 0 heterocycles. The van der Waals surface area contributed by atoms with E-state index in [2.05, 4.69) is 19.7 Å². The highest BCUT2D eigenvalue weighted by Gasteiger charge is 2.01. The predicted octanol–water partition coefficient (Wildman–Crippen LogP) is 5.21. The van der Waals surface area contributed by atoms with Gasteiger partial charge in [0.05, 0.1) is 14.2 Å². The van der Waals surface area contributed by atoms with Crippen molar-refractivity contribution in [1.82, 2.24) is 0 Å². The third-order valence-corrected chi connectivity index (χ3v) is 2.67. The molecule has 0 amide bonds. The van der Waals surface area contributed by atoms with Crippen molar-refractivity contribution in [3.8, 4) is 11.5 Å². The minimum Gasteiger partial charge on any atom is -0.493 e. The van der Waals surface area contributed by atoms with Crippen LogP contribution in [0, 0.1) is 0 Å². The van der Waals surface area contributed by atoms with Crippen LogP contribution in [0.1, 0.15) is 12.5 Å². The highest BCUT2D eigenvalue weighted by Crippen LogP contribution is 2.27. The average Bonchev–Trinajstić information content (AvgIpc) is 2.56. The Bertz CT molecular complexity index is 522. The molecule has 0 fully saturated rings. The zero-order chi connectivity index (χ0) is 16.1. The van der Waals surface area contributed by atoms with Crippen molar-refractivity contribution in [2.24, 2.45) is 0 Å². The summed E-state index contributed by atoms with van der Waals surface area (Å²) in [5, 5.41) is 0. The van der Waals surface area contributed by atoms with Crippen molar-refractivity contribution in [3.05, 3.63) is 79.5 Å². The molecule has 2 heteroatoms. The number of ether oxygens (including phenoxy) is 2. The van der Waals surface area contributed by atoms with Gasteiger partial charge in [-0.1, -0.05) is 49.1 Å². The first-order valence-electron chi connectivity index (χ1n) is 6.60. The van der Waals surface area contributed by atoms with E-state index in [4.69, 9.17) is 9.47 Å². The molecule has 0 spiro atoms. The Kier molecular flexibility index (Phi) is 10.0. The van der Waals surface area contributed by atoms with Crippen molar-refractivity contribution in [2.45, 2.75) is 6.92 Å². The van der Waals surface area contributed by atoms with Crippen LogP contribution in [-0.2, 0) is 0 Å². The highest BCUT2D eigenvalue weighted by molar-refractivity contribution is 5.57. The summed E-state index contributed by atoms with van der Waals surface area (Å²) in [7, 11) is 3.26. The van der Waals surface area contributed by atoms with Crippen molar-refractivity contribution >= 4 is 6.08 Å². The van der Waals surface area contributed by atoms with Gasteiger partial charge in [-0.2, -0.15) is 0 Å². The number of methoxy groups -OCH3 is 2. The van der Waals surface area contributed by atoms with Gasteiger partial charge in [0.1, 0.15) is 0 Å². The molecule has 0 N–H and O–H groups in total. The third-order valence-electron chi connectivity index (χ3n) is 2.67. The molecule has 0 bridgehead atoms. The summed E-state index contributed by atoms with van der Waals surface area (Å²) in [6.07, 6.45) is 11.8. The van der Waals surface area contributed by atoms with Crippen LogP contribution in [0.15, 0.2) is 73.9 Å². The summed E-state index contributed by atoms with van der Waals surface area (Å²) in [5.41, 5.74) is 2.15. The van der Waals surface area contributed by atoms with Crippen LogP contribution in [0.25, 0.3) is 6.08 Å². The van der Waals surface area contributed by atoms with E-state index in [0.717, 1.165) is 22.6 Å². The number of rotatable bonds is 6. The molecule has 2 nitrogen and oxygen atoms in total. The fraction of sp³-hybridized carbons (Fsp3) is 0.158. The minimum atomic E-state index is 0.730. The largest absolute Gasteiger partial charge is 0.493 e. The van der Waals surface area contributed by atoms with Crippen LogP contribution in [0.5, 0.6) is 11.5 Å². The summed E-state index contributed by atoms with van der Waals surface area (Å²) in [6, 6.07) is 5.81. The number of hydrogen-bond donors (Lipinski definition) is 0. The summed E-state index contributed by atoms with van der Waals surface area (Å²) in [4.78, 5) is 0. The third kappa shape index (κ3) is 6.48. The molecule has 0 radical (unpaired) electrons. The summed E-state index contributed by atoms with van der Waals surface area (Å²) < 4.78 is 10.5. The Labute approximate surface area is 128 Å². The Hall–Kier alpha value is -2.48. The molecule has 1 rings (SSSR count). The molecule has 1 aromatic rings. The van der Waals surface area contributed by atoms with Crippen LogP contribution in [0.3, 0.4) is 0 Å². The number of hydrogen-bond acceptors (Lipinski definition) is 2. The van der Waals surface area contributed by atoms with Crippen LogP contribution in [0.2, 0.25) is 0 Å². The quantitative estimate of drug-likeness (QED) is 0.527. The van der Waals surface area contributed by atoms with Gasteiger partial charge in [0.15, 0.2) is 11.5 Å². The lowest BCUT2D eigenvalue weighted by Crippen LogP contribution is -1.90. The molecular weight excluding hydrogens is 260 g/mol. The topological polar surface area (TPSA) is 18.5 Å². The second-order valence-electron chi connectivity index (χ2n) is 3.83. The van der Waals surface area contributed by atoms with E-state index in [1.165, 1.54) is 0 Å². The Morgan fingerprint density at radius 2 is 1.71 bits per heavy atom. The lowest BCUT2D eigenvalue weighted by Gasteiger charge is -2.07. The molecule has 112 valence electrons. The Morgan fingerprint density at radius 1 is 1.05 bits per heavy atom. The van der Waals surface area contributed by atoms with E-state index in [-0.39, 0.29) is 0 Å². The molecule has 0 unspecified atom stereocenters. The molecule has 21 heavy (non-hydrogen) atoms. The number of allylic oxidation sites excluding steroid dienone is 6. The van der Waals surface area contributed by atoms with Crippen molar-refractivity contribution in [1.29, 1.82) is 0 Å². The van der Waals surface area contributed by atoms with E-state index in [1.54, 1.807) is 14.2 Å². The van der Waals surface area contributed by atoms with Gasteiger partial charge in [-0.25, -0.2) is 0 Å². The zero-order valence-electron chi connectivity index (χ0n) is 13.1. The standard InChI is InChI=1S/C17H20O2.C2H4/c1-5-14(6-2)9-7-8-10-15-11-12-16(18-3)17(13-15)19-4;1-2/h5-13H,1H2,2-4H3;1-2H2/b9-7+,10-8+,14-6+;. The normalized spacial score (nSPS) is 11.1.